The molecule has 1 saturated heterocycles. The maximum Gasteiger partial charge on any atom is 0.242 e. The van der Waals surface area contributed by atoms with E-state index < -0.39 is 0 Å². The van der Waals surface area contributed by atoms with E-state index in [9.17, 15) is 4.79 Å². The molecular weight excluding hydrogens is 304 g/mol. The van der Waals surface area contributed by atoms with E-state index >= 15 is 0 Å². The van der Waals surface area contributed by atoms with E-state index in [1.54, 1.807) is 19.5 Å². The minimum absolute atomic E-state index is 0.0574. The number of amides is 1. The SMILES string of the molecule is COC(C)(C)CNC(=O)[C@@H]1C[C@@H]2CCCC[C@H]2N1c1ncccn1. The van der Waals surface area contributed by atoms with Crippen LogP contribution in [0.2, 0.25) is 0 Å². The standard InChI is InChI=1S/C18H28N4O2/c1-18(2,24-3)12-21-16(23)15-11-13-7-4-5-8-14(13)22(15)17-19-9-6-10-20-17/h6,9-10,13-15H,4-5,7-8,11-12H2,1-3H3,(H,21,23)/t13-,14+,15-/m0/s1. The first-order valence-electron chi connectivity index (χ1n) is 8.90. The number of rotatable bonds is 5. The van der Waals surface area contributed by atoms with E-state index in [0.717, 1.165) is 12.8 Å². The molecule has 3 rings (SSSR count). The average molecular weight is 332 g/mol. The van der Waals surface area contributed by atoms with E-state index in [2.05, 4.69) is 20.2 Å². The van der Waals surface area contributed by atoms with Gasteiger partial charge in [-0.25, -0.2) is 9.97 Å². The smallest absolute Gasteiger partial charge is 0.242 e. The highest BCUT2D eigenvalue weighted by molar-refractivity contribution is 5.85. The summed E-state index contributed by atoms with van der Waals surface area (Å²) in [5, 5.41) is 3.06. The molecule has 1 aliphatic heterocycles. The van der Waals surface area contributed by atoms with Crippen LogP contribution in [-0.4, -0.2) is 47.2 Å². The Morgan fingerprint density at radius 3 is 2.75 bits per heavy atom. The predicted molar refractivity (Wildman–Crippen MR) is 92.8 cm³/mol. The van der Waals surface area contributed by atoms with Crippen LogP contribution in [0.15, 0.2) is 18.5 Å². The molecule has 0 bridgehead atoms. The molecule has 0 spiro atoms. The maximum atomic E-state index is 12.9. The van der Waals surface area contributed by atoms with Crippen molar-refractivity contribution in [2.24, 2.45) is 5.92 Å². The number of carbonyl (C=O) groups excluding carboxylic acids is 1. The number of hydrogen-bond acceptors (Lipinski definition) is 5. The van der Waals surface area contributed by atoms with Gasteiger partial charge in [0.25, 0.3) is 0 Å². The molecule has 0 radical (unpaired) electrons. The van der Waals surface area contributed by atoms with Crippen LogP contribution in [0.5, 0.6) is 0 Å². The molecule has 1 aromatic heterocycles. The molecule has 0 aromatic carbocycles. The summed E-state index contributed by atoms with van der Waals surface area (Å²) in [6, 6.07) is 2.01. The van der Waals surface area contributed by atoms with E-state index in [4.69, 9.17) is 4.74 Å². The fraction of sp³-hybridized carbons (Fsp3) is 0.722. The third-order valence-corrected chi connectivity index (χ3v) is 5.41. The summed E-state index contributed by atoms with van der Waals surface area (Å²) in [4.78, 5) is 23.9. The molecular formula is C18H28N4O2. The third-order valence-electron chi connectivity index (χ3n) is 5.41. The summed E-state index contributed by atoms with van der Waals surface area (Å²) in [5.74, 6) is 1.30. The Bertz CT molecular complexity index is 563. The first-order chi connectivity index (χ1) is 11.5. The van der Waals surface area contributed by atoms with Crippen molar-refractivity contribution in [2.45, 2.75) is 63.6 Å². The van der Waals surface area contributed by atoms with E-state index in [1.807, 2.05) is 19.9 Å². The molecule has 3 atom stereocenters. The lowest BCUT2D eigenvalue weighted by Gasteiger charge is -2.33. The number of methoxy groups -OCH3 is 1. The summed E-state index contributed by atoms with van der Waals surface area (Å²) >= 11 is 0. The van der Waals surface area contributed by atoms with Crippen LogP contribution >= 0.6 is 0 Å². The van der Waals surface area contributed by atoms with Crippen LogP contribution in [0.3, 0.4) is 0 Å². The summed E-state index contributed by atoms with van der Waals surface area (Å²) in [5.41, 5.74) is -0.366. The Labute approximate surface area is 144 Å². The van der Waals surface area contributed by atoms with Gasteiger partial charge < -0.3 is 15.0 Å². The van der Waals surface area contributed by atoms with Gasteiger partial charge in [0.05, 0.1) is 5.60 Å². The topological polar surface area (TPSA) is 67.3 Å². The Morgan fingerprint density at radius 1 is 1.33 bits per heavy atom. The van der Waals surface area contributed by atoms with Crippen molar-refractivity contribution in [2.75, 3.05) is 18.6 Å². The second kappa shape index (κ2) is 7.05. The summed E-state index contributed by atoms with van der Waals surface area (Å²) in [7, 11) is 1.67. The van der Waals surface area contributed by atoms with Crippen molar-refractivity contribution < 1.29 is 9.53 Å². The van der Waals surface area contributed by atoms with Crippen molar-refractivity contribution in [1.82, 2.24) is 15.3 Å². The lowest BCUT2D eigenvalue weighted by atomic mass is 9.85. The van der Waals surface area contributed by atoms with Crippen LogP contribution in [0, 0.1) is 5.92 Å². The zero-order chi connectivity index (χ0) is 17.2. The number of aromatic nitrogens is 2. The monoisotopic (exact) mass is 332 g/mol. The number of nitrogens with one attached hydrogen (secondary N) is 1. The largest absolute Gasteiger partial charge is 0.377 e. The van der Waals surface area contributed by atoms with Crippen molar-refractivity contribution >= 4 is 11.9 Å². The second-order valence-corrected chi connectivity index (χ2v) is 7.50. The quantitative estimate of drug-likeness (QED) is 0.895. The van der Waals surface area contributed by atoms with Gasteiger partial charge in [-0.05, 0) is 45.1 Å². The third kappa shape index (κ3) is 3.53. The minimum Gasteiger partial charge on any atom is -0.377 e. The summed E-state index contributed by atoms with van der Waals surface area (Å²) in [6.07, 6.45) is 9.19. The Morgan fingerprint density at radius 2 is 2.04 bits per heavy atom. The molecule has 2 fully saturated rings. The number of hydrogen-bond donors (Lipinski definition) is 1. The lowest BCUT2D eigenvalue weighted by Crippen LogP contribution is -2.50. The fourth-order valence-corrected chi connectivity index (χ4v) is 3.90. The highest BCUT2D eigenvalue weighted by atomic mass is 16.5. The number of nitrogens with zero attached hydrogens (tertiary/aromatic N) is 3. The Kier molecular flexibility index (Phi) is 5.04. The Balaban J connectivity index is 1.78. The molecule has 1 amide bonds. The zero-order valence-electron chi connectivity index (χ0n) is 14.9. The first-order valence-corrected chi connectivity index (χ1v) is 8.90. The second-order valence-electron chi connectivity index (χ2n) is 7.50. The van der Waals surface area contributed by atoms with Gasteiger partial charge >= 0.3 is 0 Å². The van der Waals surface area contributed by atoms with Gasteiger partial charge in [0.1, 0.15) is 6.04 Å². The van der Waals surface area contributed by atoms with E-state index in [-0.39, 0.29) is 17.6 Å². The molecule has 6 nitrogen and oxygen atoms in total. The van der Waals surface area contributed by atoms with Crippen LogP contribution in [0.1, 0.15) is 46.0 Å². The fourth-order valence-electron chi connectivity index (χ4n) is 3.90. The number of ether oxygens (including phenoxy) is 1. The molecule has 1 aliphatic carbocycles. The highest BCUT2D eigenvalue weighted by Crippen LogP contribution is 2.41. The van der Waals surface area contributed by atoms with Crippen molar-refractivity contribution in [3.63, 3.8) is 0 Å². The van der Waals surface area contributed by atoms with E-state index in [0.29, 0.717) is 24.5 Å². The van der Waals surface area contributed by atoms with Crippen LogP contribution in [0.4, 0.5) is 5.95 Å². The zero-order valence-corrected chi connectivity index (χ0v) is 14.9. The van der Waals surface area contributed by atoms with E-state index in [1.165, 1.54) is 19.3 Å². The Hall–Kier alpha value is -1.69. The number of anilines is 1. The van der Waals surface area contributed by atoms with Gasteiger partial charge in [-0.15, -0.1) is 0 Å². The van der Waals surface area contributed by atoms with Gasteiger partial charge in [0.2, 0.25) is 11.9 Å². The highest BCUT2D eigenvalue weighted by Gasteiger charge is 2.46. The summed E-state index contributed by atoms with van der Waals surface area (Å²) < 4.78 is 5.40. The molecule has 0 unspecified atom stereocenters. The van der Waals surface area contributed by atoms with Crippen LogP contribution in [-0.2, 0) is 9.53 Å². The van der Waals surface area contributed by atoms with Crippen LogP contribution in [0.25, 0.3) is 0 Å². The molecule has 2 aliphatic rings. The average Bonchev–Trinajstić information content (AvgIpc) is 3.00. The summed E-state index contributed by atoms with van der Waals surface area (Å²) in [6.45, 7) is 4.44. The van der Waals surface area contributed by atoms with Gasteiger partial charge in [-0.3, -0.25) is 4.79 Å². The lowest BCUT2D eigenvalue weighted by molar-refractivity contribution is -0.123. The molecule has 1 aromatic rings. The van der Waals surface area contributed by atoms with Crippen LogP contribution < -0.4 is 10.2 Å². The molecule has 6 heteroatoms. The number of fused-ring (bicyclic) bond motifs is 1. The molecule has 1 N–H and O–H groups in total. The normalized spacial score (nSPS) is 27.0. The van der Waals surface area contributed by atoms with Gasteiger partial charge in [-0.1, -0.05) is 12.8 Å². The van der Waals surface area contributed by atoms with Crippen molar-refractivity contribution in [3.8, 4) is 0 Å². The number of carbonyl (C=O) groups is 1. The van der Waals surface area contributed by atoms with Gasteiger partial charge in [0, 0.05) is 32.1 Å². The minimum atomic E-state index is -0.366. The first kappa shape index (κ1) is 17.1. The molecule has 132 valence electrons. The van der Waals surface area contributed by atoms with Gasteiger partial charge in [-0.2, -0.15) is 0 Å². The predicted octanol–water partition coefficient (Wildman–Crippen LogP) is 2.16. The molecule has 24 heavy (non-hydrogen) atoms. The van der Waals surface area contributed by atoms with Gasteiger partial charge in [0.15, 0.2) is 0 Å². The molecule has 1 saturated carbocycles. The molecule has 2 heterocycles. The van der Waals surface area contributed by atoms with Crippen molar-refractivity contribution in [1.29, 1.82) is 0 Å². The van der Waals surface area contributed by atoms with Crippen molar-refractivity contribution in [3.05, 3.63) is 18.5 Å². The maximum absolute atomic E-state index is 12.9.